The first-order valence-electron chi connectivity index (χ1n) is 11.8. The molecule has 1 aliphatic heterocycles. The quantitative estimate of drug-likeness (QED) is 0.252. The van der Waals surface area contributed by atoms with Gasteiger partial charge in [-0.3, -0.25) is 0 Å². The van der Waals surface area contributed by atoms with Crippen LogP contribution in [-0.2, 0) is 11.3 Å². The van der Waals surface area contributed by atoms with Crippen molar-refractivity contribution in [2.75, 3.05) is 6.61 Å². The summed E-state index contributed by atoms with van der Waals surface area (Å²) in [5.41, 5.74) is 6.16. The molecule has 4 heteroatoms. The third kappa shape index (κ3) is 4.57. The highest BCUT2D eigenvalue weighted by atomic mass is 16.5. The minimum absolute atomic E-state index is 0.216. The van der Waals surface area contributed by atoms with E-state index in [-0.39, 0.29) is 6.10 Å². The first-order chi connectivity index (χ1) is 16.3. The average Bonchev–Trinajstić information content (AvgIpc) is 3.49. The third-order valence-electron chi connectivity index (χ3n) is 6.16. The van der Waals surface area contributed by atoms with Gasteiger partial charge in [0.2, 0.25) is 0 Å². The average molecular weight is 440 g/mol. The van der Waals surface area contributed by atoms with Crippen molar-refractivity contribution in [3.05, 3.63) is 95.6 Å². The lowest BCUT2D eigenvalue weighted by Gasteiger charge is -2.13. The van der Waals surface area contributed by atoms with Gasteiger partial charge >= 0.3 is 0 Å². The Morgan fingerprint density at radius 2 is 1.64 bits per heavy atom. The largest absolute Gasteiger partial charge is 0.494 e. The Labute approximate surface area is 195 Å². The highest BCUT2D eigenvalue weighted by molar-refractivity contribution is 5.74. The predicted molar refractivity (Wildman–Crippen MR) is 130 cm³/mol. The van der Waals surface area contributed by atoms with E-state index < -0.39 is 0 Å². The zero-order chi connectivity index (χ0) is 22.5. The molecule has 0 spiro atoms. The van der Waals surface area contributed by atoms with Crippen LogP contribution in [0.5, 0.6) is 5.75 Å². The van der Waals surface area contributed by atoms with Crippen molar-refractivity contribution in [1.29, 1.82) is 0 Å². The van der Waals surface area contributed by atoms with E-state index in [4.69, 9.17) is 14.0 Å². The van der Waals surface area contributed by atoms with E-state index >= 15 is 0 Å². The molecular weight excluding hydrogens is 410 g/mol. The second-order valence-electron chi connectivity index (χ2n) is 8.46. The van der Waals surface area contributed by atoms with Gasteiger partial charge in [-0.2, -0.15) is 0 Å². The lowest BCUT2D eigenvalue weighted by atomic mass is 9.93. The highest BCUT2D eigenvalue weighted by Crippen LogP contribution is 2.44. The first-order valence-corrected chi connectivity index (χ1v) is 11.8. The highest BCUT2D eigenvalue weighted by Gasteiger charge is 2.33. The molecule has 0 saturated carbocycles. The Hall–Kier alpha value is -3.37. The molecule has 1 aromatic heterocycles. The zero-order valence-electron chi connectivity index (χ0n) is 19.0. The van der Waals surface area contributed by atoms with Gasteiger partial charge in [0.25, 0.3) is 0 Å². The topological polar surface area (TPSA) is 44.5 Å². The van der Waals surface area contributed by atoms with Gasteiger partial charge in [-0.1, -0.05) is 85.9 Å². The van der Waals surface area contributed by atoms with Crippen molar-refractivity contribution in [3.63, 3.8) is 0 Å². The van der Waals surface area contributed by atoms with Gasteiger partial charge in [0.1, 0.15) is 17.5 Å². The van der Waals surface area contributed by atoms with Crippen molar-refractivity contribution >= 4 is 0 Å². The van der Waals surface area contributed by atoms with Crippen LogP contribution in [-0.4, -0.2) is 11.8 Å². The van der Waals surface area contributed by atoms with Gasteiger partial charge in [0.05, 0.1) is 18.8 Å². The predicted octanol–water partition coefficient (Wildman–Crippen LogP) is 7.59. The second-order valence-corrected chi connectivity index (χ2v) is 8.46. The Kier molecular flexibility index (Phi) is 6.54. The van der Waals surface area contributed by atoms with E-state index in [0.717, 1.165) is 46.9 Å². The van der Waals surface area contributed by atoms with Crippen molar-refractivity contribution < 1.29 is 14.0 Å². The molecule has 5 rings (SSSR count). The number of hydrogen-bond acceptors (Lipinski definition) is 4. The van der Waals surface area contributed by atoms with Crippen LogP contribution in [0.2, 0.25) is 0 Å². The summed E-state index contributed by atoms with van der Waals surface area (Å²) in [6.07, 6.45) is 4.57. The van der Waals surface area contributed by atoms with E-state index in [9.17, 15) is 0 Å². The molecule has 33 heavy (non-hydrogen) atoms. The molecule has 0 amide bonds. The maximum atomic E-state index is 6.28. The minimum atomic E-state index is -0.216. The summed E-state index contributed by atoms with van der Waals surface area (Å²) in [5.74, 6) is 1.62. The van der Waals surface area contributed by atoms with E-state index in [1.54, 1.807) is 0 Å². The molecule has 1 aliphatic rings. The monoisotopic (exact) mass is 439 g/mol. The zero-order valence-corrected chi connectivity index (χ0v) is 19.0. The first kappa shape index (κ1) is 21.5. The molecule has 0 fully saturated rings. The molecule has 0 saturated heterocycles. The van der Waals surface area contributed by atoms with Gasteiger partial charge in [-0.05, 0) is 41.8 Å². The number of fused-ring (bicyclic) bond motifs is 1. The molecule has 1 unspecified atom stereocenters. The molecule has 0 N–H and O–H groups in total. The number of benzene rings is 3. The van der Waals surface area contributed by atoms with Crippen molar-refractivity contribution in [3.8, 4) is 28.3 Å². The Balaban J connectivity index is 1.47. The molecule has 0 aliphatic carbocycles. The Morgan fingerprint density at radius 3 is 2.45 bits per heavy atom. The summed E-state index contributed by atoms with van der Waals surface area (Å²) < 4.78 is 18.2. The van der Waals surface area contributed by atoms with Gasteiger partial charge in [-0.25, -0.2) is 0 Å². The molecule has 0 bridgehead atoms. The van der Waals surface area contributed by atoms with Gasteiger partial charge in [-0.15, -0.1) is 0 Å². The van der Waals surface area contributed by atoms with E-state index in [0.29, 0.717) is 6.61 Å². The summed E-state index contributed by atoms with van der Waals surface area (Å²) >= 11 is 0. The maximum Gasteiger partial charge on any atom is 0.173 e. The van der Waals surface area contributed by atoms with Crippen LogP contribution in [0.3, 0.4) is 0 Å². The summed E-state index contributed by atoms with van der Waals surface area (Å²) in [7, 11) is 0. The number of aromatic nitrogens is 1. The summed E-state index contributed by atoms with van der Waals surface area (Å²) in [6.45, 7) is 3.55. The van der Waals surface area contributed by atoms with Crippen molar-refractivity contribution in [1.82, 2.24) is 5.16 Å². The van der Waals surface area contributed by atoms with Crippen LogP contribution in [0.15, 0.2) is 83.4 Å². The van der Waals surface area contributed by atoms with Crippen molar-refractivity contribution in [2.45, 2.75) is 45.3 Å². The van der Waals surface area contributed by atoms with E-state index in [1.807, 2.05) is 42.5 Å². The number of ether oxygens (including phenoxy) is 2. The molecule has 1 atom stereocenters. The van der Waals surface area contributed by atoms with Gasteiger partial charge in [0.15, 0.2) is 5.76 Å². The smallest absolute Gasteiger partial charge is 0.173 e. The summed E-state index contributed by atoms with van der Waals surface area (Å²) in [5, 5.41) is 4.49. The van der Waals surface area contributed by atoms with E-state index in [1.165, 1.54) is 30.4 Å². The number of rotatable bonds is 9. The van der Waals surface area contributed by atoms with Crippen LogP contribution in [0.25, 0.3) is 22.6 Å². The lowest BCUT2D eigenvalue weighted by molar-refractivity contribution is 0.0943. The molecule has 2 heterocycles. The van der Waals surface area contributed by atoms with Crippen LogP contribution >= 0.6 is 0 Å². The number of unbranched alkanes of at least 4 members (excludes halogenated alkanes) is 3. The number of hydrogen-bond donors (Lipinski definition) is 0. The van der Waals surface area contributed by atoms with E-state index in [2.05, 4.69) is 48.5 Å². The fourth-order valence-electron chi connectivity index (χ4n) is 4.40. The molecule has 0 radical (unpaired) electrons. The molecular formula is C29H29NO3. The standard InChI is InChI=1S/C29H29NO3/c1-2-3-4-10-19-31-24-17-15-22(16-18-24)28-26(27(30-33-28)21-11-6-5-7-12-21)29-25-14-9-8-13-23(25)20-32-29/h5-9,11-18,29H,2-4,10,19-20H2,1H3. The maximum absolute atomic E-state index is 6.28. The van der Waals surface area contributed by atoms with Crippen LogP contribution in [0, 0.1) is 0 Å². The van der Waals surface area contributed by atoms with Crippen LogP contribution in [0.1, 0.15) is 55.4 Å². The Bertz CT molecular complexity index is 1180. The summed E-state index contributed by atoms with van der Waals surface area (Å²) in [4.78, 5) is 0. The second kappa shape index (κ2) is 10.1. The van der Waals surface area contributed by atoms with Crippen molar-refractivity contribution in [2.24, 2.45) is 0 Å². The Morgan fingerprint density at radius 1 is 0.848 bits per heavy atom. The third-order valence-corrected chi connectivity index (χ3v) is 6.16. The molecule has 4 nitrogen and oxygen atoms in total. The van der Waals surface area contributed by atoms with Crippen LogP contribution < -0.4 is 4.74 Å². The molecule has 3 aromatic carbocycles. The summed E-state index contributed by atoms with van der Waals surface area (Å²) in [6, 6.07) is 26.6. The molecule has 4 aromatic rings. The fraction of sp³-hybridized carbons (Fsp3) is 0.276. The molecule has 168 valence electrons. The number of nitrogens with zero attached hydrogens (tertiary/aromatic N) is 1. The minimum Gasteiger partial charge on any atom is -0.494 e. The van der Waals surface area contributed by atoms with Gasteiger partial charge < -0.3 is 14.0 Å². The fourth-order valence-corrected chi connectivity index (χ4v) is 4.40. The lowest BCUT2D eigenvalue weighted by Crippen LogP contribution is -2.01. The SMILES string of the molecule is CCCCCCOc1ccc(-c2onc(-c3ccccc3)c2C2OCc3ccccc32)cc1. The van der Waals surface area contributed by atoms with Crippen LogP contribution in [0.4, 0.5) is 0 Å². The van der Waals surface area contributed by atoms with Gasteiger partial charge in [0, 0.05) is 11.1 Å². The normalized spacial score (nSPS) is 14.9.